The van der Waals surface area contributed by atoms with Gasteiger partial charge >= 0.3 is 0 Å². The van der Waals surface area contributed by atoms with Gasteiger partial charge in [-0.1, -0.05) is 18.3 Å². The molecule has 0 aliphatic carbocycles. The summed E-state index contributed by atoms with van der Waals surface area (Å²) in [5.41, 5.74) is 7.54. The van der Waals surface area contributed by atoms with Crippen molar-refractivity contribution in [1.82, 2.24) is 15.1 Å². The average Bonchev–Trinajstić information content (AvgIpc) is 2.65. The van der Waals surface area contributed by atoms with Gasteiger partial charge in [0.15, 0.2) is 6.61 Å². The van der Waals surface area contributed by atoms with Gasteiger partial charge in [0.25, 0.3) is 5.91 Å². The van der Waals surface area contributed by atoms with Gasteiger partial charge < -0.3 is 5.73 Å². The number of rotatable bonds is 5. The Morgan fingerprint density at radius 2 is 2.25 bits per heavy atom. The van der Waals surface area contributed by atoms with Crippen molar-refractivity contribution < 1.29 is 14.4 Å². The van der Waals surface area contributed by atoms with E-state index in [1.54, 1.807) is 0 Å². The van der Waals surface area contributed by atoms with Crippen molar-refractivity contribution in [1.29, 1.82) is 0 Å². The van der Waals surface area contributed by atoms with Crippen molar-refractivity contribution in [2.75, 3.05) is 6.61 Å². The van der Waals surface area contributed by atoms with E-state index in [2.05, 4.69) is 19.9 Å². The third kappa shape index (κ3) is 3.24. The van der Waals surface area contributed by atoms with Crippen LogP contribution in [-0.4, -0.2) is 28.0 Å². The summed E-state index contributed by atoms with van der Waals surface area (Å²) in [6.07, 6.45) is 0. The maximum Gasteiger partial charge on any atom is 0.288 e. The Balaban J connectivity index is 2.59. The van der Waals surface area contributed by atoms with E-state index >= 15 is 0 Å². The summed E-state index contributed by atoms with van der Waals surface area (Å²) in [5, 5.41) is 3.84. The largest absolute Gasteiger partial charge is 0.368 e. The van der Waals surface area contributed by atoms with Crippen molar-refractivity contribution in [2.24, 2.45) is 5.73 Å². The second kappa shape index (κ2) is 5.52. The lowest BCUT2D eigenvalue weighted by atomic mass is 10.1. The predicted octanol–water partition coefficient (Wildman–Crippen LogP) is -0.192. The third-order valence-corrected chi connectivity index (χ3v) is 2.39. The summed E-state index contributed by atoms with van der Waals surface area (Å²) >= 11 is 0.975. The van der Waals surface area contributed by atoms with E-state index in [4.69, 9.17) is 5.73 Å². The fourth-order valence-electron chi connectivity index (χ4n) is 0.952. The molecule has 7 nitrogen and oxygen atoms in total. The molecule has 1 heterocycles. The van der Waals surface area contributed by atoms with Crippen LogP contribution in [0.5, 0.6) is 0 Å². The first-order chi connectivity index (χ1) is 7.52. The summed E-state index contributed by atoms with van der Waals surface area (Å²) in [5.74, 6) is -1.04. The first-order valence-electron chi connectivity index (χ1n) is 4.55. The highest BCUT2D eigenvalue weighted by Gasteiger charge is 2.18. The molecule has 16 heavy (non-hydrogen) atoms. The molecule has 0 saturated heterocycles. The lowest BCUT2D eigenvalue weighted by molar-refractivity contribution is -0.124. The molecule has 8 heteroatoms. The lowest BCUT2D eigenvalue weighted by Gasteiger charge is -2.04. The number of amides is 2. The van der Waals surface area contributed by atoms with Crippen LogP contribution >= 0.6 is 11.5 Å². The summed E-state index contributed by atoms with van der Waals surface area (Å²) in [6, 6.07) is 0. The van der Waals surface area contributed by atoms with E-state index in [9.17, 15) is 9.59 Å². The van der Waals surface area contributed by atoms with Gasteiger partial charge in [0.05, 0.1) is 5.69 Å². The van der Waals surface area contributed by atoms with Crippen LogP contribution in [0.4, 0.5) is 0 Å². The Kier molecular flexibility index (Phi) is 4.32. The SMILES string of the molecule is CC(C)c1nnsc1C(=O)NOCC(N)=O. The highest BCUT2D eigenvalue weighted by molar-refractivity contribution is 7.08. The summed E-state index contributed by atoms with van der Waals surface area (Å²) in [6.45, 7) is 3.44. The van der Waals surface area contributed by atoms with Crippen LogP contribution in [-0.2, 0) is 9.63 Å². The van der Waals surface area contributed by atoms with Crippen LogP contribution in [0.2, 0.25) is 0 Å². The van der Waals surface area contributed by atoms with Crippen LogP contribution in [0.1, 0.15) is 35.1 Å². The zero-order chi connectivity index (χ0) is 12.1. The normalized spacial score (nSPS) is 10.4. The molecule has 0 unspecified atom stereocenters. The van der Waals surface area contributed by atoms with Crippen molar-refractivity contribution in [3.05, 3.63) is 10.6 Å². The molecule has 0 aliphatic heterocycles. The van der Waals surface area contributed by atoms with Crippen LogP contribution < -0.4 is 11.2 Å². The lowest BCUT2D eigenvalue weighted by Crippen LogP contribution is -2.29. The summed E-state index contributed by atoms with van der Waals surface area (Å²) in [4.78, 5) is 26.9. The molecule has 0 bridgehead atoms. The van der Waals surface area contributed by atoms with Gasteiger partial charge in [-0.3, -0.25) is 14.4 Å². The minimum absolute atomic E-state index is 0.0932. The molecule has 1 rings (SSSR count). The molecular formula is C8H12N4O3S. The van der Waals surface area contributed by atoms with E-state index in [1.165, 1.54) is 0 Å². The Morgan fingerprint density at radius 3 is 2.81 bits per heavy atom. The first kappa shape index (κ1) is 12.5. The predicted molar refractivity (Wildman–Crippen MR) is 56.6 cm³/mol. The first-order valence-corrected chi connectivity index (χ1v) is 5.32. The molecule has 0 spiro atoms. The molecule has 3 N–H and O–H groups in total. The van der Waals surface area contributed by atoms with Gasteiger partial charge in [-0.2, -0.15) is 0 Å². The molecular weight excluding hydrogens is 232 g/mol. The molecule has 88 valence electrons. The van der Waals surface area contributed by atoms with Crippen molar-refractivity contribution in [2.45, 2.75) is 19.8 Å². The van der Waals surface area contributed by atoms with E-state index in [0.29, 0.717) is 10.6 Å². The number of carbonyl (C=O) groups excluding carboxylic acids is 2. The average molecular weight is 244 g/mol. The number of hydroxylamine groups is 1. The second-order valence-electron chi connectivity index (χ2n) is 3.33. The summed E-state index contributed by atoms with van der Waals surface area (Å²) in [7, 11) is 0. The van der Waals surface area contributed by atoms with E-state index < -0.39 is 11.8 Å². The van der Waals surface area contributed by atoms with Gasteiger partial charge in [0, 0.05) is 0 Å². The standard InChI is InChI=1S/C8H12N4O3S/c1-4(2)6-7(16-12-10-6)8(14)11-15-3-5(9)13/h4H,3H2,1-2H3,(H2,9,13)(H,11,14). The Hall–Kier alpha value is -1.54. The number of hydrogen-bond donors (Lipinski definition) is 2. The Bertz CT molecular complexity index is 390. The number of nitrogens with two attached hydrogens (primary N) is 1. The summed E-state index contributed by atoms with van der Waals surface area (Å²) < 4.78 is 3.69. The molecule has 1 aromatic heterocycles. The number of nitrogens with zero attached hydrogens (tertiary/aromatic N) is 2. The molecule has 1 aromatic rings. The minimum atomic E-state index is -0.660. The van der Waals surface area contributed by atoms with Crippen LogP contribution in [0.15, 0.2) is 0 Å². The minimum Gasteiger partial charge on any atom is -0.368 e. The zero-order valence-electron chi connectivity index (χ0n) is 8.89. The quantitative estimate of drug-likeness (QED) is 0.698. The third-order valence-electron chi connectivity index (χ3n) is 1.65. The van der Waals surface area contributed by atoms with Crippen LogP contribution in [0.25, 0.3) is 0 Å². The zero-order valence-corrected chi connectivity index (χ0v) is 9.71. The molecule has 0 aromatic carbocycles. The van der Waals surface area contributed by atoms with Crippen LogP contribution in [0.3, 0.4) is 0 Å². The fourth-order valence-corrected chi connectivity index (χ4v) is 1.66. The Labute approximate surface area is 96.1 Å². The van der Waals surface area contributed by atoms with E-state index in [-0.39, 0.29) is 12.5 Å². The highest BCUT2D eigenvalue weighted by atomic mass is 32.1. The van der Waals surface area contributed by atoms with Gasteiger partial charge in [-0.25, -0.2) is 5.48 Å². The molecule has 0 saturated carbocycles. The maximum atomic E-state index is 11.6. The van der Waals surface area contributed by atoms with E-state index in [1.807, 2.05) is 13.8 Å². The fraction of sp³-hybridized carbons (Fsp3) is 0.500. The van der Waals surface area contributed by atoms with Crippen molar-refractivity contribution >= 4 is 23.3 Å². The molecule has 2 amide bonds. The molecule has 0 radical (unpaired) electrons. The number of aromatic nitrogens is 2. The van der Waals surface area contributed by atoms with Crippen molar-refractivity contribution in [3.63, 3.8) is 0 Å². The second-order valence-corrected chi connectivity index (χ2v) is 4.08. The maximum absolute atomic E-state index is 11.6. The number of nitrogens with one attached hydrogen (secondary N) is 1. The topological polar surface area (TPSA) is 107 Å². The molecule has 0 atom stereocenters. The molecule has 0 aliphatic rings. The number of hydrogen-bond acceptors (Lipinski definition) is 6. The number of carbonyl (C=O) groups is 2. The Morgan fingerprint density at radius 1 is 1.56 bits per heavy atom. The monoisotopic (exact) mass is 244 g/mol. The van der Waals surface area contributed by atoms with Gasteiger partial charge in [-0.15, -0.1) is 5.10 Å². The highest BCUT2D eigenvalue weighted by Crippen LogP contribution is 2.19. The van der Waals surface area contributed by atoms with Gasteiger partial charge in [0.2, 0.25) is 5.91 Å². The van der Waals surface area contributed by atoms with Crippen molar-refractivity contribution in [3.8, 4) is 0 Å². The smallest absolute Gasteiger partial charge is 0.288 e. The van der Waals surface area contributed by atoms with E-state index in [0.717, 1.165) is 11.5 Å². The van der Waals surface area contributed by atoms with Crippen LogP contribution in [0, 0.1) is 0 Å². The molecule has 0 fully saturated rings. The van der Waals surface area contributed by atoms with Gasteiger partial charge in [-0.05, 0) is 17.5 Å². The van der Waals surface area contributed by atoms with Gasteiger partial charge in [0.1, 0.15) is 4.88 Å². The number of primary amides is 1.